The van der Waals surface area contributed by atoms with Gasteiger partial charge in [0.25, 0.3) is 10.0 Å². The maximum absolute atomic E-state index is 12.1. The van der Waals surface area contributed by atoms with Gasteiger partial charge in [0.15, 0.2) is 5.03 Å². The molecule has 7 nitrogen and oxygen atoms in total. The lowest BCUT2D eigenvalue weighted by molar-refractivity contribution is 0.177. The van der Waals surface area contributed by atoms with Gasteiger partial charge in [-0.2, -0.15) is 0 Å². The lowest BCUT2D eigenvalue weighted by Gasteiger charge is -2.10. The second-order valence-electron chi connectivity index (χ2n) is 4.72. The molecule has 0 amide bonds. The molecule has 0 fully saturated rings. The van der Waals surface area contributed by atoms with Gasteiger partial charge in [-0.15, -0.1) is 0 Å². The highest BCUT2D eigenvalue weighted by molar-refractivity contribution is 7.89. The number of nitrogens with zero attached hydrogens (tertiary/aromatic N) is 2. The zero-order valence-corrected chi connectivity index (χ0v) is 13.1. The predicted molar refractivity (Wildman–Crippen MR) is 76.9 cm³/mol. The average Bonchev–Trinajstić information content (AvgIpc) is 2.72. The summed E-state index contributed by atoms with van der Waals surface area (Å²) in [7, 11) is -2.01. The van der Waals surface area contributed by atoms with Gasteiger partial charge in [-0.1, -0.05) is 6.92 Å². The SMILES string of the molecule is CCCn1cc(S(=O)(=O)NCCC(N)COC)nc1C. The van der Waals surface area contributed by atoms with Gasteiger partial charge in [0.05, 0.1) is 6.61 Å². The fourth-order valence-corrected chi connectivity index (χ4v) is 2.88. The van der Waals surface area contributed by atoms with E-state index in [-0.39, 0.29) is 17.6 Å². The second kappa shape index (κ2) is 7.72. The van der Waals surface area contributed by atoms with E-state index in [2.05, 4.69) is 9.71 Å². The van der Waals surface area contributed by atoms with E-state index in [1.807, 2.05) is 11.5 Å². The topological polar surface area (TPSA) is 99.2 Å². The van der Waals surface area contributed by atoms with Gasteiger partial charge in [0, 0.05) is 32.4 Å². The van der Waals surface area contributed by atoms with E-state index in [1.165, 1.54) is 0 Å². The molecule has 0 saturated heterocycles. The third kappa shape index (κ3) is 4.86. The molecule has 0 aliphatic carbocycles. The standard InChI is InChI=1S/C12H24N4O3S/c1-4-7-16-8-12(15-10(16)2)20(17,18)14-6-5-11(13)9-19-3/h8,11,14H,4-7,9,13H2,1-3H3. The van der Waals surface area contributed by atoms with Crippen molar-refractivity contribution in [1.82, 2.24) is 14.3 Å². The van der Waals surface area contributed by atoms with Gasteiger partial charge < -0.3 is 15.0 Å². The van der Waals surface area contributed by atoms with Crippen molar-refractivity contribution in [1.29, 1.82) is 0 Å². The van der Waals surface area contributed by atoms with Crippen molar-refractivity contribution in [2.75, 3.05) is 20.3 Å². The van der Waals surface area contributed by atoms with Crippen molar-refractivity contribution < 1.29 is 13.2 Å². The van der Waals surface area contributed by atoms with E-state index in [9.17, 15) is 8.42 Å². The van der Waals surface area contributed by atoms with E-state index < -0.39 is 10.0 Å². The number of imidazole rings is 1. The summed E-state index contributed by atoms with van der Waals surface area (Å²) in [5.74, 6) is 0.698. The number of rotatable bonds is 9. The lowest BCUT2D eigenvalue weighted by atomic mass is 10.2. The quantitative estimate of drug-likeness (QED) is 0.681. The van der Waals surface area contributed by atoms with Gasteiger partial charge in [-0.05, 0) is 19.8 Å². The number of aromatic nitrogens is 2. The van der Waals surface area contributed by atoms with Crippen molar-refractivity contribution >= 4 is 10.0 Å². The monoisotopic (exact) mass is 304 g/mol. The first-order chi connectivity index (χ1) is 9.40. The van der Waals surface area contributed by atoms with Crippen LogP contribution in [0.2, 0.25) is 0 Å². The van der Waals surface area contributed by atoms with Crippen LogP contribution in [0.3, 0.4) is 0 Å². The molecule has 1 atom stereocenters. The predicted octanol–water partition coefficient (Wildman–Crippen LogP) is 0.244. The van der Waals surface area contributed by atoms with Crippen LogP contribution in [-0.4, -0.2) is 44.3 Å². The molecule has 0 aromatic carbocycles. The molecule has 0 radical (unpaired) electrons. The first kappa shape index (κ1) is 17.1. The van der Waals surface area contributed by atoms with E-state index in [0.29, 0.717) is 18.9 Å². The number of nitrogens with two attached hydrogens (primary N) is 1. The maximum Gasteiger partial charge on any atom is 0.259 e. The molecule has 0 bridgehead atoms. The molecule has 0 spiro atoms. The highest BCUT2D eigenvalue weighted by Crippen LogP contribution is 2.09. The smallest absolute Gasteiger partial charge is 0.259 e. The molecule has 0 saturated carbocycles. The van der Waals surface area contributed by atoms with Crippen LogP contribution in [-0.2, 0) is 21.3 Å². The van der Waals surface area contributed by atoms with Crippen molar-refractivity contribution in [3.05, 3.63) is 12.0 Å². The van der Waals surface area contributed by atoms with Crippen molar-refractivity contribution in [3.8, 4) is 0 Å². The Morgan fingerprint density at radius 2 is 2.25 bits per heavy atom. The lowest BCUT2D eigenvalue weighted by Crippen LogP contribution is -2.33. The zero-order valence-electron chi connectivity index (χ0n) is 12.3. The summed E-state index contributed by atoms with van der Waals surface area (Å²) in [5, 5.41) is 0.0590. The summed E-state index contributed by atoms with van der Waals surface area (Å²) in [6.07, 6.45) is 3.01. The minimum Gasteiger partial charge on any atom is -0.383 e. The van der Waals surface area contributed by atoms with E-state index in [4.69, 9.17) is 10.5 Å². The van der Waals surface area contributed by atoms with Crippen LogP contribution in [0.4, 0.5) is 0 Å². The highest BCUT2D eigenvalue weighted by Gasteiger charge is 2.18. The van der Waals surface area contributed by atoms with Crippen LogP contribution in [0, 0.1) is 6.92 Å². The molecule has 1 heterocycles. The van der Waals surface area contributed by atoms with Crippen LogP contribution in [0.15, 0.2) is 11.2 Å². The number of hydrogen-bond acceptors (Lipinski definition) is 5. The fraction of sp³-hybridized carbons (Fsp3) is 0.750. The molecule has 0 aliphatic heterocycles. The van der Waals surface area contributed by atoms with Crippen LogP contribution < -0.4 is 10.5 Å². The molecule has 3 N–H and O–H groups in total. The molecule has 0 aliphatic rings. The summed E-state index contributed by atoms with van der Waals surface area (Å²) >= 11 is 0. The van der Waals surface area contributed by atoms with Gasteiger partial charge in [0.1, 0.15) is 5.82 Å². The molecular formula is C12H24N4O3S. The van der Waals surface area contributed by atoms with Crippen LogP contribution >= 0.6 is 0 Å². The largest absolute Gasteiger partial charge is 0.383 e. The Balaban J connectivity index is 2.62. The van der Waals surface area contributed by atoms with E-state index in [0.717, 1.165) is 13.0 Å². The molecule has 1 unspecified atom stereocenters. The van der Waals surface area contributed by atoms with Crippen molar-refractivity contribution in [2.45, 2.75) is 44.3 Å². The molecule has 1 aromatic heterocycles. The van der Waals surface area contributed by atoms with Gasteiger partial charge in [-0.3, -0.25) is 0 Å². The third-order valence-electron chi connectivity index (χ3n) is 2.88. The normalized spacial score (nSPS) is 13.6. The van der Waals surface area contributed by atoms with Crippen LogP contribution in [0.25, 0.3) is 0 Å². The number of nitrogens with one attached hydrogen (secondary N) is 1. The Bertz CT molecular complexity index is 513. The van der Waals surface area contributed by atoms with Crippen LogP contribution in [0.5, 0.6) is 0 Å². The summed E-state index contributed by atoms with van der Waals surface area (Å²) in [6.45, 7) is 5.26. The Morgan fingerprint density at radius 3 is 2.85 bits per heavy atom. The van der Waals surface area contributed by atoms with E-state index >= 15 is 0 Å². The Hall–Kier alpha value is -0.960. The summed E-state index contributed by atoms with van der Waals surface area (Å²) in [5.41, 5.74) is 5.74. The van der Waals surface area contributed by atoms with Crippen molar-refractivity contribution in [2.24, 2.45) is 5.73 Å². The Labute approximate surface area is 120 Å². The number of ether oxygens (including phenoxy) is 1. The maximum atomic E-state index is 12.1. The molecule has 20 heavy (non-hydrogen) atoms. The number of hydrogen-bond donors (Lipinski definition) is 2. The molecule has 1 rings (SSSR count). The average molecular weight is 304 g/mol. The number of methoxy groups -OCH3 is 1. The minimum absolute atomic E-state index is 0.0590. The summed E-state index contributed by atoms with van der Waals surface area (Å²) < 4.78 is 33.4. The molecule has 8 heteroatoms. The Morgan fingerprint density at radius 1 is 1.55 bits per heavy atom. The molecule has 1 aromatic rings. The molecule has 116 valence electrons. The second-order valence-corrected chi connectivity index (χ2v) is 6.44. The van der Waals surface area contributed by atoms with E-state index in [1.54, 1.807) is 20.2 Å². The zero-order chi connectivity index (χ0) is 15.2. The fourth-order valence-electron chi connectivity index (χ4n) is 1.83. The van der Waals surface area contributed by atoms with Crippen molar-refractivity contribution in [3.63, 3.8) is 0 Å². The highest BCUT2D eigenvalue weighted by atomic mass is 32.2. The van der Waals surface area contributed by atoms with Crippen LogP contribution in [0.1, 0.15) is 25.6 Å². The summed E-state index contributed by atoms with van der Waals surface area (Å²) in [6, 6.07) is -0.179. The minimum atomic E-state index is -3.57. The van der Waals surface area contributed by atoms with Gasteiger partial charge >= 0.3 is 0 Å². The van der Waals surface area contributed by atoms with Gasteiger partial charge in [-0.25, -0.2) is 18.1 Å². The number of aryl methyl sites for hydroxylation is 2. The number of sulfonamides is 1. The van der Waals surface area contributed by atoms with Gasteiger partial charge in [0.2, 0.25) is 0 Å². The third-order valence-corrected chi connectivity index (χ3v) is 4.21. The molecular weight excluding hydrogens is 280 g/mol. The first-order valence-corrected chi connectivity index (χ1v) is 8.17. The Kier molecular flexibility index (Phi) is 6.60. The first-order valence-electron chi connectivity index (χ1n) is 6.68. The summed E-state index contributed by atoms with van der Waals surface area (Å²) in [4.78, 5) is 4.09.